The molecular weight excluding hydrogens is 268 g/mol. The van der Waals surface area contributed by atoms with Crippen LogP contribution in [0.15, 0.2) is 0 Å². The van der Waals surface area contributed by atoms with Crippen molar-refractivity contribution in [2.75, 3.05) is 0 Å². The fourth-order valence-corrected chi connectivity index (χ4v) is 3.93. The Labute approximate surface area is 125 Å². The van der Waals surface area contributed by atoms with E-state index in [1.54, 1.807) is 6.92 Å². The summed E-state index contributed by atoms with van der Waals surface area (Å²) in [6, 6.07) is 0. The molecule has 1 rings (SSSR count). The van der Waals surface area contributed by atoms with Crippen molar-refractivity contribution in [2.24, 2.45) is 5.92 Å². The van der Waals surface area contributed by atoms with Crippen LogP contribution in [0.3, 0.4) is 0 Å². The maximum absolute atomic E-state index is 11.8. The Morgan fingerprint density at radius 2 is 1.80 bits per heavy atom. The van der Waals surface area contributed by atoms with Crippen LogP contribution in [0.2, 0.25) is 18.1 Å². The van der Waals surface area contributed by atoms with Gasteiger partial charge >= 0.3 is 0 Å². The van der Waals surface area contributed by atoms with Gasteiger partial charge < -0.3 is 9.16 Å². The van der Waals surface area contributed by atoms with Crippen LogP contribution in [0, 0.1) is 5.92 Å². The van der Waals surface area contributed by atoms with E-state index in [-0.39, 0.29) is 34.5 Å². The van der Waals surface area contributed by atoms with Crippen molar-refractivity contribution in [1.29, 1.82) is 0 Å². The lowest BCUT2D eigenvalue weighted by Gasteiger charge is -2.48. The van der Waals surface area contributed by atoms with Gasteiger partial charge in [-0.25, -0.2) is 0 Å². The predicted molar refractivity (Wildman–Crippen MR) is 85.5 cm³/mol. The van der Waals surface area contributed by atoms with E-state index in [1.807, 2.05) is 0 Å². The van der Waals surface area contributed by atoms with Gasteiger partial charge in [0.2, 0.25) is 0 Å². The van der Waals surface area contributed by atoms with Gasteiger partial charge in [0.25, 0.3) is 0 Å². The Kier molecular flexibility index (Phi) is 4.95. The second kappa shape index (κ2) is 5.54. The van der Waals surface area contributed by atoms with E-state index in [1.165, 1.54) is 0 Å². The highest BCUT2D eigenvalue weighted by Crippen LogP contribution is 2.42. The van der Waals surface area contributed by atoms with Crippen LogP contribution < -0.4 is 0 Å². The third kappa shape index (κ3) is 3.92. The summed E-state index contributed by atoms with van der Waals surface area (Å²) in [5.41, 5.74) is -0.296. The van der Waals surface area contributed by atoms with Crippen molar-refractivity contribution in [3.8, 4) is 0 Å². The van der Waals surface area contributed by atoms with Gasteiger partial charge in [-0.15, -0.1) is 0 Å². The number of carbonyl (C=O) groups is 1. The van der Waals surface area contributed by atoms with Crippen LogP contribution in [0.25, 0.3) is 0 Å². The van der Waals surface area contributed by atoms with Gasteiger partial charge in [-0.1, -0.05) is 27.7 Å². The van der Waals surface area contributed by atoms with E-state index in [9.17, 15) is 4.79 Å². The minimum atomic E-state index is -1.83. The minimum Gasteiger partial charge on any atom is -0.413 e. The summed E-state index contributed by atoms with van der Waals surface area (Å²) in [7, 11) is -1.83. The molecule has 0 aliphatic carbocycles. The fourth-order valence-electron chi connectivity index (χ4n) is 2.52. The second-order valence-corrected chi connectivity index (χ2v) is 13.1. The molecule has 20 heavy (non-hydrogen) atoms. The largest absolute Gasteiger partial charge is 0.413 e. The van der Waals surface area contributed by atoms with Crippen LogP contribution in [-0.2, 0) is 14.0 Å². The highest BCUT2D eigenvalue weighted by atomic mass is 28.4. The van der Waals surface area contributed by atoms with E-state index in [0.717, 1.165) is 6.42 Å². The van der Waals surface area contributed by atoms with E-state index in [4.69, 9.17) is 9.16 Å². The number of ether oxygens (including phenoxy) is 1. The van der Waals surface area contributed by atoms with Crippen LogP contribution >= 0.6 is 0 Å². The first-order valence-electron chi connectivity index (χ1n) is 7.63. The van der Waals surface area contributed by atoms with E-state index in [0.29, 0.717) is 0 Å². The third-order valence-electron chi connectivity index (χ3n) is 4.86. The molecule has 1 saturated heterocycles. The zero-order chi connectivity index (χ0) is 15.9. The fraction of sp³-hybridized carbons (Fsp3) is 0.938. The molecule has 0 aromatic heterocycles. The van der Waals surface area contributed by atoms with Crippen LogP contribution in [-0.4, -0.2) is 31.9 Å². The van der Waals surface area contributed by atoms with Gasteiger partial charge in [0.15, 0.2) is 14.1 Å². The maximum atomic E-state index is 11.8. The van der Waals surface area contributed by atoms with Gasteiger partial charge in [0, 0.05) is 12.3 Å². The molecule has 0 aromatic rings. The van der Waals surface area contributed by atoms with Crippen LogP contribution in [0.1, 0.15) is 54.9 Å². The molecule has 1 heterocycles. The summed E-state index contributed by atoms with van der Waals surface area (Å²) in [4.78, 5) is 11.8. The third-order valence-corrected chi connectivity index (χ3v) is 9.36. The molecule has 0 radical (unpaired) electrons. The first kappa shape index (κ1) is 17.9. The summed E-state index contributed by atoms with van der Waals surface area (Å²) < 4.78 is 12.5. The highest BCUT2D eigenvalue weighted by Gasteiger charge is 2.47. The number of carbonyl (C=O) groups excluding carboxylic acids is 1. The van der Waals surface area contributed by atoms with Crippen LogP contribution in [0.4, 0.5) is 0 Å². The molecule has 0 amide bonds. The molecule has 0 spiro atoms. The Bertz CT molecular complexity index is 368. The van der Waals surface area contributed by atoms with Gasteiger partial charge in [-0.05, 0) is 38.9 Å². The molecule has 0 unspecified atom stereocenters. The van der Waals surface area contributed by atoms with E-state index in [2.05, 4.69) is 54.6 Å². The molecule has 1 fully saturated rings. The Morgan fingerprint density at radius 1 is 1.30 bits per heavy atom. The molecule has 0 bridgehead atoms. The summed E-state index contributed by atoms with van der Waals surface area (Å²) in [6.45, 7) is 19.1. The number of hydrogen-bond acceptors (Lipinski definition) is 3. The lowest BCUT2D eigenvalue weighted by molar-refractivity contribution is -0.178. The second-order valence-electron chi connectivity index (χ2n) is 8.39. The Morgan fingerprint density at radius 3 is 2.20 bits per heavy atom. The van der Waals surface area contributed by atoms with Crippen molar-refractivity contribution in [2.45, 2.75) is 90.8 Å². The first-order chi connectivity index (χ1) is 8.77. The van der Waals surface area contributed by atoms with Gasteiger partial charge in [0.1, 0.15) is 6.10 Å². The van der Waals surface area contributed by atoms with E-state index < -0.39 is 8.32 Å². The summed E-state index contributed by atoms with van der Waals surface area (Å²) in [5, 5.41) is 0.181. The molecule has 0 aromatic carbocycles. The van der Waals surface area contributed by atoms with Gasteiger partial charge in [-0.2, -0.15) is 0 Å². The predicted octanol–water partition coefficient (Wildman–Crippen LogP) is 4.17. The van der Waals surface area contributed by atoms with Crippen molar-refractivity contribution >= 4 is 14.1 Å². The molecule has 0 saturated carbocycles. The summed E-state index contributed by atoms with van der Waals surface area (Å²) >= 11 is 0. The lowest BCUT2D eigenvalue weighted by Crippen LogP contribution is -2.55. The highest BCUT2D eigenvalue weighted by molar-refractivity contribution is 6.74. The summed E-state index contributed by atoms with van der Waals surface area (Å²) in [5.74, 6) is 0.226. The lowest BCUT2D eigenvalue weighted by atomic mass is 9.84. The Balaban J connectivity index is 2.96. The standard InChI is InChI=1S/C16H32O3Si/c1-11-13(19-20(8,9)15(3,4)5)10-16(6,7)18-14(11)12(2)17/h11,13-14H,10H2,1-9H3/t11-,13+,14-/m1/s1. The van der Waals surface area contributed by atoms with Crippen molar-refractivity contribution in [1.82, 2.24) is 0 Å². The molecule has 118 valence electrons. The monoisotopic (exact) mass is 300 g/mol. The number of Topliss-reactive ketones (excluding diaryl/α,β-unsaturated/α-hetero) is 1. The topological polar surface area (TPSA) is 35.5 Å². The molecule has 1 aliphatic heterocycles. The van der Waals surface area contributed by atoms with Gasteiger partial charge in [0.05, 0.1) is 11.7 Å². The quantitative estimate of drug-likeness (QED) is 0.734. The zero-order valence-electron chi connectivity index (χ0n) is 14.7. The molecule has 0 N–H and O–H groups in total. The summed E-state index contributed by atoms with van der Waals surface area (Å²) in [6.07, 6.45) is 0.617. The average molecular weight is 301 g/mol. The normalized spacial score (nSPS) is 31.1. The average Bonchev–Trinajstić information content (AvgIpc) is 2.20. The van der Waals surface area contributed by atoms with Gasteiger partial charge in [-0.3, -0.25) is 4.79 Å². The van der Waals surface area contributed by atoms with Crippen LogP contribution in [0.5, 0.6) is 0 Å². The SMILES string of the molecule is CC(=O)[C@@H]1OC(C)(C)C[C@H](O[Si](C)(C)C(C)(C)C)[C@H]1C. The van der Waals surface area contributed by atoms with Crippen molar-refractivity contribution in [3.63, 3.8) is 0 Å². The molecular formula is C16H32O3Si. The first-order valence-corrected chi connectivity index (χ1v) is 10.5. The minimum absolute atomic E-state index is 0.105. The zero-order valence-corrected chi connectivity index (χ0v) is 15.7. The number of rotatable bonds is 3. The van der Waals surface area contributed by atoms with E-state index >= 15 is 0 Å². The number of hydrogen-bond donors (Lipinski definition) is 0. The molecule has 3 nitrogen and oxygen atoms in total. The van der Waals surface area contributed by atoms with Crippen molar-refractivity contribution < 1.29 is 14.0 Å². The van der Waals surface area contributed by atoms with Crippen molar-refractivity contribution in [3.05, 3.63) is 0 Å². The smallest absolute Gasteiger partial charge is 0.192 e. The molecule has 1 aliphatic rings. The number of ketones is 1. The maximum Gasteiger partial charge on any atom is 0.192 e. The molecule has 3 atom stereocenters. The Hall–Kier alpha value is -0.193. The molecule has 4 heteroatoms.